The summed E-state index contributed by atoms with van der Waals surface area (Å²) in [5.41, 5.74) is 3.34. The zero-order valence-electron chi connectivity index (χ0n) is 12.3. The maximum Gasteiger partial charge on any atom is 0.262 e. The van der Waals surface area contributed by atoms with E-state index >= 15 is 0 Å². The minimum absolute atomic E-state index is 0.0496. The van der Waals surface area contributed by atoms with E-state index in [-0.39, 0.29) is 12.0 Å². The first-order valence-electron chi connectivity index (χ1n) is 6.63. The molecule has 114 valence electrons. The first kappa shape index (κ1) is 15.6. The number of fused-ring (bicyclic) bond motifs is 1. The lowest BCUT2D eigenvalue weighted by Gasteiger charge is -2.19. The van der Waals surface area contributed by atoms with Crippen LogP contribution < -0.4 is 10.8 Å². The number of hydrogen-bond acceptors (Lipinski definition) is 4. The summed E-state index contributed by atoms with van der Waals surface area (Å²) in [5, 5.41) is 12.1. The summed E-state index contributed by atoms with van der Waals surface area (Å²) >= 11 is 6.05. The molecule has 0 fully saturated rings. The van der Waals surface area contributed by atoms with Crippen LogP contribution in [0.2, 0.25) is 5.02 Å². The zero-order valence-corrected chi connectivity index (χ0v) is 13.0. The Bertz CT molecular complexity index is 661. The number of carbonyl (C=O) groups excluding carboxylic acids is 1. The van der Waals surface area contributed by atoms with E-state index in [1.807, 2.05) is 16.7 Å². The summed E-state index contributed by atoms with van der Waals surface area (Å²) < 4.78 is 1.92. The van der Waals surface area contributed by atoms with Gasteiger partial charge in [-0.1, -0.05) is 32.4 Å². The van der Waals surface area contributed by atoms with Crippen LogP contribution in [0.4, 0.5) is 5.82 Å². The highest BCUT2D eigenvalue weighted by Crippen LogP contribution is 2.27. The van der Waals surface area contributed by atoms with Crippen molar-refractivity contribution < 1.29 is 10.0 Å². The van der Waals surface area contributed by atoms with E-state index < -0.39 is 5.91 Å². The van der Waals surface area contributed by atoms with Crippen LogP contribution in [-0.4, -0.2) is 27.0 Å². The molecule has 6 nitrogen and oxygen atoms in total. The number of anilines is 1. The average Bonchev–Trinajstić information content (AvgIpc) is 2.72. The van der Waals surface area contributed by atoms with Crippen LogP contribution in [-0.2, 0) is 11.2 Å². The Hall–Kier alpha value is -1.79. The minimum Gasteiger partial charge on any atom is -0.359 e. The lowest BCUT2D eigenvalue weighted by Crippen LogP contribution is -2.27. The van der Waals surface area contributed by atoms with Crippen LogP contribution in [0.5, 0.6) is 0 Å². The summed E-state index contributed by atoms with van der Waals surface area (Å²) in [6.07, 6.45) is 2.57. The van der Waals surface area contributed by atoms with E-state index in [9.17, 15) is 4.79 Å². The van der Waals surface area contributed by atoms with Crippen molar-refractivity contribution in [2.24, 2.45) is 5.41 Å². The van der Waals surface area contributed by atoms with Crippen molar-refractivity contribution in [3.63, 3.8) is 0 Å². The van der Waals surface area contributed by atoms with Gasteiger partial charge < -0.3 is 9.72 Å². The van der Waals surface area contributed by atoms with Gasteiger partial charge in [0.15, 0.2) is 0 Å². The number of pyridine rings is 1. The van der Waals surface area contributed by atoms with Crippen LogP contribution >= 0.6 is 11.6 Å². The van der Waals surface area contributed by atoms with Crippen molar-refractivity contribution in [3.8, 4) is 0 Å². The number of aromatic nitrogens is 2. The molecular weight excluding hydrogens is 292 g/mol. The Morgan fingerprint density at radius 3 is 2.76 bits per heavy atom. The van der Waals surface area contributed by atoms with Gasteiger partial charge in [-0.05, 0) is 24.0 Å². The molecule has 2 aromatic rings. The molecule has 2 aromatic heterocycles. The molecule has 2 heterocycles. The molecule has 0 atom stereocenters. The van der Waals surface area contributed by atoms with Gasteiger partial charge in [-0.15, -0.1) is 0 Å². The van der Waals surface area contributed by atoms with E-state index in [4.69, 9.17) is 16.8 Å². The largest absolute Gasteiger partial charge is 0.359 e. The third kappa shape index (κ3) is 3.86. The summed E-state index contributed by atoms with van der Waals surface area (Å²) in [7, 11) is 0. The van der Waals surface area contributed by atoms with Gasteiger partial charge in [0, 0.05) is 6.20 Å². The van der Waals surface area contributed by atoms with Crippen molar-refractivity contribution >= 4 is 29.0 Å². The molecule has 2 rings (SSSR count). The van der Waals surface area contributed by atoms with Crippen LogP contribution in [0.15, 0.2) is 18.3 Å². The summed E-state index contributed by atoms with van der Waals surface area (Å²) in [6.45, 7) is 6.33. The molecule has 0 radical (unpaired) electrons. The number of nitrogens with zero attached hydrogens (tertiary/aromatic N) is 2. The molecule has 21 heavy (non-hydrogen) atoms. The second kappa shape index (κ2) is 5.91. The normalized spacial score (nSPS) is 11.7. The maximum atomic E-state index is 11.2. The molecule has 0 bridgehead atoms. The van der Waals surface area contributed by atoms with Crippen LogP contribution in [0.1, 0.15) is 26.5 Å². The van der Waals surface area contributed by atoms with Gasteiger partial charge in [0.2, 0.25) is 0 Å². The maximum absolute atomic E-state index is 11.2. The predicted molar refractivity (Wildman–Crippen MR) is 81.8 cm³/mol. The molecule has 0 aliphatic rings. The number of nitrogens with one attached hydrogen (secondary N) is 2. The van der Waals surface area contributed by atoms with Crippen LogP contribution in [0.25, 0.3) is 5.65 Å². The Morgan fingerprint density at radius 2 is 2.14 bits per heavy atom. The number of halogens is 1. The number of rotatable bonds is 4. The molecule has 0 saturated heterocycles. The van der Waals surface area contributed by atoms with Gasteiger partial charge in [-0.2, -0.15) is 0 Å². The smallest absolute Gasteiger partial charge is 0.262 e. The first-order chi connectivity index (χ1) is 9.80. The number of carbonyl (C=O) groups is 1. The Balaban J connectivity index is 2.42. The quantitative estimate of drug-likeness (QED) is 0.599. The molecule has 0 aromatic carbocycles. The van der Waals surface area contributed by atoms with E-state index in [1.165, 1.54) is 0 Å². The van der Waals surface area contributed by atoms with Crippen molar-refractivity contribution in [1.82, 2.24) is 14.9 Å². The highest BCUT2D eigenvalue weighted by Gasteiger charge is 2.20. The van der Waals surface area contributed by atoms with E-state index in [2.05, 4.69) is 31.1 Å². The van der Waals surface area contributed by atoms with Crippen molar-refractivity contribution in [2.75, 3.05) is 11.9 Å². The predicted octanol–water partition coefficient (Wildman–Crippen LogP) is 2.49. The fraction of sp³-hybridized carbons (Fsp3) is 0.429. The lowest BCUT2D eigenvalue weighted by atomic mass is 9.90. The summed E-state index contributed by atoms with van der Waals surface area (Å²) in [4.78, 5) is 15.6. The van der Waals surface area contributed by atoms with Crippen molar-refractivity contribution in [3.05, 3.63) is 29.0 Å². The fourth-order valence-electron chi connectivity index (χ4n) is 2.08. The molecule has 0 aliphatic carbocycles. The third-order valence-corrected chi connectivity index (χ3v) is 3.14. The molecular formula is C14H19ClN4O2. The van der Waals surface area contributed by atoms with Crippen molar-refractivity contribution in [1.29, 1.82) is 0 Å². The van der Waals surface area contributed by atoms with Gasteiger partial charge >= 0.3 is 0 Å². The second-order valence-electron chi connectivity index (χ2n) is 6.11. The number of imidazole rings is 1. The Morgan fingerprint density at radius 1 is 1.43 bits per heavy atom. The SMILES string of the molecule is CC(C)(C)Cc1c(NCC(=O)NO)nc2ccc(Cl)cn12. The molecule has 0 saturated carbocycles. The summed E-state index contributed by atoms with van der Waals surface area (Å²) in [5.74, 6) is 0.0996. The monoisotopic (exact) mass is 310 g/mol. The third-order valence-electron chi connectivity index (χ3n) is 2.92. The lowest BCUT2D eigenvalue weighted by molar-refractivity contribution is -0.127. The van der Waals surface area contributed by atoms with Crippen molar-refractivity contribution in [2.45, 2.75) is 27.2 Å². The molecule has 7 heteroatoms. The molecule has 3 N–H and O–H groups in total. The Labute approximate surface area is 128 Å². The Kier molecular flexibility index (Phi) is 4.39. The summed E-state index contributed by atoms with van der Waals surface area (Å²) in [6, 6.07) is 3.60. The molecule has 0 unspecified atom stereocenters. The number of hydrogen-bond donors (Lipinski definition) is 3. The van der Waals surface area contributed by atoms with E-state index in [0.29, 0.717) is 10.8 Å². The zero-order chi connectivity index (χ0) is 15.6. The van der Waals surface area contributed by atoms with Gasteiger partial charge in [0.1, 0.15) is 11.5 Å². The van der Waals surface area contributed by atoms with Gasteiger partial charge in [-0.25, -0.2) is 10.5 Å². The van der Waals surface area contributed by atoms with Gasteiger partial charge in [-0.3, -0.25) is 10.0 Å². The number of amides is 1. The molecule has 0 spiro atoms. The second-order valence-corrected chi connectivity index (χ2v) is 6.55. The van der Waals surface area contributed by atoms with Crippen LogP contribution in [0, 0.1) is 5.41 Å². The van der Waals surface area contributed by atoms with E-state index in [0.717, 1.165) is 17.8 Å². The first-order valence-corrected chi connectivity index (χ1v) is 7.01. The minimum atomic E-state index is -0.521. The van der Waals surface area contributed by atoms with E-state index in [1.54, 1.807) is 11.5 Å². The standard InChI is InChI=1S/C14H19ClN4O2/c1-14(2,3)6-10-13(16-7-12(20)18-21)17-11-5-4-9(15)8-19(10)11/h4-5,8,16,21H,6-7H2,1-3H3,(H,18,20). The molecule has 0 aliphatic heterocycles. The highest BCUT2D eigenvalue weighted by atomic mass is 35.5. The van der Waals surface area contributed by atoms with Crippen LogP contribution in [0.3, 0.4) is 0 Å². The van der Waals surface area contributed by atoms with Gasteiger partial charge in [0.25, 0.3) is 5.91 Å². The topological polar surface area (TPSA) is 78.7 Å². The van der Waals surface area contributed by atoms with Gasteiger partial charge in [0.05, 0.1) is 17.3 Å². The highest BCUT2D eigenvalue weighted by molar-refractivity contribution is 6.30. The molecule has 1 amide bonds. The number of hydroxylamine groups is 1. The fourth-order valence-corrected chi connectivity index (χ4v) is 2.24. The average molecular weight is 311 g/mol.